The third kappa shape index (κ3) is 2.11. The summed E-state index contributed by atoms with van der Waals surface area (Å²) in [5.41, 5.74) is 3.13. The fraction of sp³-hybridized carbons (Fsp3) is 0.0714. The van der Waals surface area contributed by atoms with Crippen molar-refractivity contribution in [3.8, 4) is 0 Å². The first-order valence-electron chi connectivity index (χ1n) is 5.66. The van der Waals surface area contributed by atoms with E-state index in [2.05, 4.69) is 27.0 Å². The lowest BCUT2D eigenvalue weighted by atomic mass is 10.1. The van der Waals surface area contributed by atoms with Crippen LogP contribution in [0.15, 0.2) is 58.1 Å². The molecule has 0 aliphatic carbocycles. The van der Waals surface area contributed by atoms with Crippen LogP contribution in [0.25, 0.3) is 5.65 Å². The van der Waals surface area contributed by atoms with Gasteiger partial charge in [0.15, 0.2) is 5.43 Å². The summed E-state index contributed by atoms with van der Waals surface area (Å²) >= 11 is 3.54. The van der Waals surface area contributed by atoms with Gasteiger partial charge in [0.25, 0.3) is 0 Å². The van der Waals surface area contributed by atoms with Gasteiger partial charge in [-0.25, -0.2) is 0 Å². The Morgan fingerprint density at radius 2 is 2.06 bits per heavy atom. The van der Waals surface area contributed by atoms with Gasteiger partial charge < -0.3 is 9.38 Å². The average molecular weight is 303 g/mol. The summed E-state index contributed by atoms with van der Waals surface area (Å²) in [6.07, 6.45) is 4.59. The predicted octanol–water partition coefficient (Wildman–Crippen LogP) is 2.98. The number of hydrogen-bond donors (Lipinski definition) is 1. The topological polar surface area (TPSA) is 37.3 Å². The zero-order valence-electron chi connectivity index (χ0n) is 9.56. The van der Waals surface area contributed by atoms with Gasteiger partial charge in [-0.3, -0.25) is 4.79 Å². The Morgan fingerprint density at radius 1 is 1.22 bits per heavy atom. The highest BCUT2D eigenvalue weighted by atomic mass is 79.9. The van der Waals surface area contributed by atoms with E-state index in [0.29, 0.717) is 0 Å². The standard InChI is InChI=1S/C14H11BrN2O/c15-13-4-2-1-3-10(13)7-11-9-17-6-5-12(18)8-14(17)16-11/h1-6,8-9,16H,7H2. The van der Waals surface area contributed by atoms with E-state index < -0.39 is 0 Å². The molecule has 3 nitrogen and oxygen atoms in total. The number of rotatable bonds is 2. The highest BCUT2D eigenvalue weighted by Gasteiger charge is 2.04. The number of benzene rings is 1. The third-order valence-corrected chi connectivity index (χ3v) is 3.65. The summed E-state index contributed by atoms with van der Waals surface area (Å²) in [6.45, 7) is 0. The monoisotopic (exact) mass is 302 g/mol. The quantitative estimate of drug-likeness (QED) is 0.776. The van der Waals surface area contributed by atoms with Crippen LogP contribution in [0.3, 0.4) is 0 Å². The first-order valence-corrected chi connectivity index (χ1v) is 6.45. The number of hydrogen-bond acceptors (Lipinski definition) is 1. The second-order valence-corrected chi connectivity index (χ2v) is 5.06. The van der Waals surface area contributed by atoms with Crippen LogP contribution in [0.5, 0.6) is 0 Å². The van der Waals surface area contributed by atoms with Crippen LogP contribution in [-0.2, 0) is 6.42 Å². The lowest BCUT2D eigenvalue weighted by Gasteiger charge is -2.01. The summed E-state index contributed by atoms with van der Waals surface area (Å²) < 4.78 is 3.02. The van der Waals surface area contributed by atoms with E-state index in [1.165, 1.54) is 5.56 Å². The zero-order valence-corrected chi connectivity index (χ0v) is 11.1. The van der Waals surface area contributed by atoms with Gasteiger partial charge in [0, 0.05) is 41.1 Å². The van der Waals surface area contributed by atoms with Crippen molar-refractivity contribution in [2.75, 3.05) is 0 Å². The lowest BCUT2D eigenvalue weighted by Crippen LogP contribution is -1.97. The van der Waals surface area contributed by atoms with Crippen molar-refractivity contribution >= 4 is 21.6 Å². The highest BCUT2D eigenvalue weighted by Crippen LogP contribution is 2.19. The smallest absolute Gasteiger partial charge is 0.183 e. The first-order chi connectivity index (χ1) is 8.72. The van der Waals surface area contributed by atoms with Crippen molar-refractivity contribution < 1.29 is 0 Å². The van der Waals surface area contributed by atoms with Gasteiger partial charge in [-0.1, -0.05) is 34.1 Å². The van der Waals surface area contributed by atoms with E-state index in [4.69, 9.17) is 0 Å². The van der Waals surface area contributed by atoms with Crippen LogP contribution >= 0.6 is 15.9 Å². The number of nitrogens with one attached hydrogen (secondary N) is 1. The van der Waals surface area contributed by atoms with Crippen LogP contribution in [0.4, 0.5) is 0 Å². The van der Waals surface area contributed by atoms with Gasteiger partial charge in [-0.15, -0.1) is 0 Å². The van der Waals surface area contributed by atoms with Crippen LogP contribution in [-0.4, -0.2) is 9.38 Å². The molecule has 90 valence electrons. The molecular formula is C14H11BrN2O. The van der Waals surface area contributed by atoms with Crippen LogP contribution in [0, 0.1) is 0 Å². The molecule has 18 heavy (non-hydrogen) atoms. The molecule has 0 spiro atoms. The molecule has 0 aliphatic rings. The van der Waals surface area contributed by atoms with Crippen molar-refractivity contribution in [3.05, 3.63) is 74.7 Å². The molecule has 0 atom stereocenters. The highest BCUT2D eigenvalue weighted by molar-refractivity contribution is 9.10. The van der Waals surface area contributed by atoms with Gasteiger partial charge >= 0.3 is 0 Å². The van der Waals surface area contributed by atoms with Gasteiger partial charge in [0.2, 0.25) is 0 Å². The van der Waals surface area contributed by atoms with Gasteiger partial charge in [0.1, 0.15) is 5.65 Å². The van der Waals surface area contributed by atoms with Crippen molar-refractivity contribution in [1.82, 2.24) is 9.38 Å². The Kier molecular flexibility index (Phi) is 2.80. The molecule has 0 unspecified atom stereocenters. The Labute approximate surface area is 112 Å². The Bertz CT molecular complexity index is 758. The second-order valence-electron chi connectivity index (χ2n) is 4.20. The fourth-order valence-electron chi connectivity index (χ4n) is 2.01. The van der Waals surface area contributed by atoms with Crippen molar-refractivity contribution in [2.24, 2.45) is 0 Å². The number of pyridine rings is 1. The number of fused-ring (bicyclic) bond motifs is 1. The van der Waals surface area contributed by atoms with E-state index in [1.54, 1.807) is 18.3 Å². The van der Waals surface area contributed by atoms with E-state index in [9.17, 15) is 4.79 Å². The van der Waals surface area contributed by atoms with E-state index in [0.717, 1.165) is 22.2 Å². The van der Waals surface area contributed by atoms with Crippen LogP contribution in [0.1, 0.15) is 11.3 Å². The predicted molar refractivity (Wildman–Crippen MR) is 75.0 cm³/mol. The number of aromatic amines is 1. The Morgan fingerprint density at radius 3 is 2.89 bits per heavy atom. The lowest BCUT2D eigenvalue weighted by molar-refractivity contribution is 1.10. The second kappa shape index (κ2) is 4.46. The molecule has 2 heterocycles. The number of aromatic nitrogens is 2. The minimum Gasteiger partial charge on any atom is -0.343 e. The molecule has 0 bridgehead atoms. The van der Waals surface area contributed by atoms with Crippen LogP contribution < -0.4 is 5.43 Å². The zero-order chi connectivity index (χ0) is 12.5. The molecule has 0 amide bonds. The average Bonchev–Trinajstić information content (AvgIpc) is 2.73. The Hall–Kier alpha value is -1.81. The molecule has 4 heteroatoms. The molecule has 0 radical (unpaired) electrons. The van der Waals surface area contributed by atoms with E-state index in [-0.39, 0.29) is 5.43 Å². The molecular weight excluding hydrogens is 292 g/mol. The molecule has 0 fully saturated rings. The van der Waals surface area contributed by atoms with Gasteiger partial charge in [-0.2, -0.15) is 0 Å². The maximum Gasteiger partial charge on any atom is 0.183 e. The molecule has 0 aliphatic heterocycles. The molecule has 0 saturated carbocycles. The van der Waals surface area contributed by atoms with E-state index in [1.807, 2.05) is 28.8 Å². The number of H-pyrrole nitrogens is 1. The van der Waals surface area contributed by atoms with Gasteiger partial charge in [-0.05, 0) is 11.6 Å². The van der Waals surface area contributed by atoms with Crippen LogP contribution in [0.2, 0.25) is 0 Å². The Balaban J connectivity index is 2.01. The van der Waals surface area contributed by atoms with Crippen molar-refractivity contribution in [3.63, 3.8) is 0 Å². The molecule has 3 rings (SSSR count). The maximum absolute atomic E-state index is 11.3. The third-order valence-electron chi connectivity index (χ3n) is 2.88. The molecule has 1 aromatic carbocycles. The summed E-state index contributed by atoms with van der Waals surface area (Å²) in [5.74, 6) is 0. The molecule has 0 saturated heterocycles. The molecule has 2 aromatic heterocycles. The maximum atomic E-state index is 11.3. The van der Waals surface area contributed by atoms with E-state index >= 15 is 0 Å². The summed E-state index contributed by atoms with van der Waals surface area (Å²) in [6, 6.07) is 11.3. The minimum absolute atomic E-state index is 0.0179. The number of imidazole rings is 1. The van der Waals surface area contributed by atoms with Crippen molar-refractivity contribution in [2.45, 2.75) is 6.42 Å². The summed E-state index contributed by atoms with van der Waals surface area (Å²) in [5, 5.41) is 0. The molecule has 1 N–H and O–H groups in total. The minimum atomic E-state index is 0.0179. The normalized spacial score (nSPS) is 10.9. The summed E-state index contributed by atoms with van der Waals surface area (Å²) in [4.78, 5) is 14.5. The van der Waals surface area contributed by atoms with Gasteiger partial charge in [0.05, 0.1) is 0 Å². The SMILES string of the molecule is O=c1ccn2cc(Cc3ccccc3Br)[nH]c2c1. The fourth-order valence-corrected chi connectivity index (χ4v) is 2.43. The number of nitrogens with zero attached hydrogens (tertiary/aromatic N) is 1. The number of halogens is 1. The summed E-state index contributed by atoms with van der Waals surface area (Å²) in [7, 11) is 0. The molecule has 3 aromatic rings. The first kappa shape index (κ1) is 11.3. The van der Waals surface area contributed by atoms with Crippen molar-refractivity contribution in [1.29, 1.82) is 0 Å². The largest absolute Gasteiger partial charge is 0.343 e.